The smallest absolute Gasteiger partial charge is 0.398 e. The molecule has 166 valence electrons. The number of nitrogens with two attached hydrogens (primary N) is 1. The van der Waals surface area contributed by atoms with Gasteiger partial charge in [-0.2, -0.15) is 0 Å². The van der Waals surface area contributed by atoms with Crippen molar-refractivity contribution < 1.29 is 14.3 Å². The Hall–Kier alpha value is -3.73. The quantitative estimate of drug-likeness (QED) is 0.439. The lowest BCUT2D eigenvalue weighted by atomic mass is 10.1. The minimum absolute atomic E-state index is 0.352. The van der Waals surface area contributed by atoms with Crippen molar-refractivity contribution >= 4 is 34.8 Å². The summed E-state index contributed by atoms with van der Waals surface area (Å²) >= 11 is 0. The summed E-state index contributed by atoms with van der Waals surface area (Å²) in [6.45, 7) is 6.62. The standard InChI is InChI=1S/C21H24N8O3/c1-12-9-27(6-5-23-12)16-3-4-24-19-15(16)7-17(32-20(31)18(22)30)29(19)14-8-25-21-26-13(2)10-28(21)11-14/h3-4,8,10-12,17,23H,5-7,9H2,1-2H3,(H2,22,30)/t12-,17?/m1/s1. The Morgan fingerprint density at radius 1 is 1.28 bits per heavy atom. The molecule has 3 aromatic rings. The topological polar surface area (TPSA) is 131 Å². The highest BCUT2D eigenvalue weighted by atomic mass is 16.6. The van der Waals surface area contributed by atoms with E-state index in [0.717, 1.165) is 36.6 Å². The van der Waals surface area contributed by atoms with Crippen LogP contribution in [0.3, 0.4) is 0 Å². The number of carbonyl (C=O) groups excluding carboxylic acids is 2. The van der Waals surface area contributed by atoms with Crippen molar-refractivity contribution in [2.24, 2.45) is 5.73 Å². The summed E-state index contributed by atoms with van der Waals surface area (Å²) in [5.41, 5.74) is 8.64. The summed E-state index contributed by atoms with van der Waals surface area (Å²) in [6, 6.07) is 2.33. The zero-order valence-corrected chi connectivity index (χ0v) is 17.9. The molecule has 5 rings (SSSR count). The Morgan fingerprint density at radius 2 is 2.12 bits per heavy atom. The first-order chi connectivity index (χ1) is 15.4. The van der Waals surface area contributed by atoms with E-state index in [9.17, 15) is 9.59 Å². The highest BCUT2D eigenvalue weighted by Gasteiger charge is 2.38. The van der Waals surface area contributed by atoms with Gasteiger partial charge in [0.15, 0.2) is 6.23 Å². The molecule has 1 fully saturated rings. The fourth-order valence-electron chi connectivity index (χ4n) is 4.41. The van der Waals surface area contributed by atoms with Crippen LogP contribution in [0.25, 0.3) is 5.78 Å². The third-order valence-corrected chi connectivity index (χ3v) is 5.75. The lowest BCUT2D eigenvalue weighted by Gasteiger charge is -2.34. The predicted octanol–water partition coefficient (Wildman–Crippen LogP) is 0.280. The fraction of sp³-hybridized carbons (Fsp3) is 0.381. The first-order valence-corrected chi connectivity index (χ1v) is 10.5. The lowest BCUT2D eigenvalue weighted by Crippen LogP contribution is -2.49. The molecule has 0 radical (unpaired) electrons. The second-order valence-corrected chi connectivity index (χ2v) is 8.13. The third-order valence-electron chi connectivity index (χ3n) is 5.75. The first kappa shape index (κ1) is 20.2. The number of aromatic nitrogens is 4. The highest BCUT2D eigenvalue weighted by Crippen LogP contribution is 2.41. The number of anilines is 3. The zero-order valence-electron chi connectivity index (χ0n) is 17.9. The fourth-order valence-corrected chi connectivity index (χ4v) is 4.41. The number of carbonyl (C=O) groups is 2. The molecule has 2 atom stereocenters. The number of imidazole rings is 1. The van der Waals surface area contributed by atoms with E-state index in [1.165, 1.54) is 0 Å². The Kier molecular flexibility index (Phi) is 4.89. The molecule has 1 amide bonds. The van der Waals surface area contributed by atoms with E-state index in [1.807, 2.05) is 25.4 Å². The van der Waals surface area contributed by atoms with Crippen LogP contribution in [0.1, 0.15) is 18.2 Å². The van der Waals surface area contributed by atoms with Gasteiger partial charge in [-0.3, -0.25) is 14.1 Å². The van der Waals surface area contributed by atoms with Gasteiger partial charge in [0.2, 0.25) is 5.78 Å². The molecule has 1 saturated heterocycles. The van der Waals surface area contributed by atoms with E-state index in [0.29, 0.717) is 29.7 Å². The average molecular weight is 436 g/mol. The summed E-state index contributed by atoms with van der Waals surface area (Å²) in [7, 11) is 0. The van der Waals surface area contributed by atoms with Gasteiger partial charge in [-0.05, 0) is 19.9 Å². The number of ether oxygens (including phenoxy) is 1. The summed E-state index contributed by atoms with van der Waals surface area (Å²) < 4.78 is 7.29. The number of piperazine rings is 1. The van der Waals surface area contributed by atoms with Gasteiger partial charge >= 0.3 is 11.9 Å². The summed E-state index contributed by atoms with van der Waals surface area (Å²) in [6.07, 6.45) is 6.71. The number of aryl methyl sites for hydroxylation is 1. The molecule has 2 aliphatic rings. The van der Waals surface area contributed by atoms with Crippen molar-refractivity contribution in [1.82, 2.24) is 24.7 Å². The third kappa shape index (κ3) is 3.50. The molecule has 0 bridgehead atoms. The number of amides is 1. The molecule has 1 unspecified atom stereocenters. The maximum absolute atomic E-state index is 12.1. The van der Waals surface area contributed by atoms with Crippen LogP contribution in [0, 0.1) is 6.92 Å². The summed E-state index contributed by atoms with van der Waals surface area (Å²) in [5.74, 6) is -0.997. The number of fused-ring (bicyclic) bond motifs is 2. The number of nitrogens with zero attached hydrogens (tertiary/aromatic N) is 6. The molecular formula is C21H24N8O3. The second-order valence-electron chi connectivity index (χ2n) is 8.13. The largest absolute Gasteiger partial charge is 0.434 e. The van der Waals surface area contributed by atoms with E-state index in [-0.39, 0.29) is 0 Å². The zero-order chi connectivity index (χ0) is 22.4. The average Bonchev–Trinajstić information content (AvgIpc) is 3.31. The maximum Gasteiger partial charge on any atom is 0.398 e. The van der Waals surface area contributed by atoms with Crippen molar-refractivity contribution in [3.8, 4) is 0 Å². The number of esters is 1. The molecule has 3 aromatic heterocycles. The molecule has 11 nitrogen and oxygen atoms in total. The van der Waals surface area contributed by atoms with Gasteiger partial charge in [0.25, 0.3) is 0 Å². The van der Waals surface area contributed by atoms with E-state index in [2.05, 4.69) is 32.1 Å². The SMILES string of the molecule is Cc1cn2cc(N3c4nccc(N5CCN[C@H](C)C5)c4CC3OC(=O)C(N)=O)cnc2n1. The van der Waals surface area contributed by atoms with E-state index in [4.69, 9.17) is 10.5 Å². The van der Waals surface area contributed by atoms with Crippen LogP contribution in [-0.2, 0) is 20.7 Å². The summed E-state index contributed by atoms with van der Waals surface area (Å²) in [5, 5.41) is 3.45. The molecule has 0 saturated carbocycles. The van der Waals surface area contributed by atoms with Crippen LogP contribution in [-0.4, -0.2) is 63.1 Å². The van der Waals surface area contributed by atoms with E-state index >= 15 is 0 Å². The van der Waals surface area contributed by atoms with E-state index in [1.54, 1.807) is 21.7 Å². The van der Waals surface area contributed by atoms with Crippen LogP contribution in [0.5, 0.6) is 0 Å². The van der Waals surface area contributed by atoms with Gasteiger partial charge < -0.3 is 20.7 Å². The van der Waals surface area contributed by atoms with E-state index < -0.39 is 18.1 Å². The van der Waals surface area contributed by atoms with Crippen LogP contribution in [0.4, 0.5) is 17.2 Å². The minimum Gasteiger partial charge on any atom is -0.434 e. The lowest BCUT2D eigenvalue weighted by molar-refractivity contribution is -0.157. The molecule has 32 heavy (non-hydrogen) atoms. The normalized spacial score (nSPS) is 20.4. The molecule has 0 aliphatic carbocycles. The monoisotopic (exact) mass is 436 g/mol. The molecule has 0 spiro atoms. The van der Waals surface area contributed by atoms with Gasteiger partial charge in [-0.25, -0.2) is 19.7 Å². The highest BCUT2D eigenvalue weighted by molar-refractivity contribution is 6.31. The molecule has 0 aromatic carbocycles. The molecule has 5 heterocycles. The van der Waals surface area contributed by atoms with Gasteiger partial charge in [0, 0.05) is 61.9 Å². The number of hydrogen-bond donors (Lipinski definition) is 2. The van der Waals surface area contributed by atoms with Gasteiger partial charge in [-0.1, -0.05) is 0 Å². The Balaban J connectivity index is 1.58. The Bertz CT molecular complexity index is 1210. The minimum atomic E-state index is -1.14. The van der Waals surface area contributed by atoms with Crippen LogP contribution >= 0.6 is 0 Å². The number of hydrogen-bond acceptors (Lipinski definition) is 9. The van der Waals surface area contributed by atoms with Crippen LogP contribution in [0.2, 0.25) is 0 Å². The van der Waals surface area contributed by atoms with Crippen molar-refractivity contribution in [2.75, 3.05) is 29.4 Å². The predicted molar refractivity (Wildman–Crippen MR) is 117 cm³/mol. The first-order valence-electron chi connectivity index (χ1n) is 10.5. The van der Waals surface area contributed by atoms with Crippen LogP contribution < -0.4 is 20.9 Å². The van der Waals surface area contributed by atoms with Gasteiger partial charge in [0.1, 0.15) is 5.82 Å². The van der Waals surface area contributed by atoms with Crippen molar-refractivity contribution in [1.29, 1.82) is 0 Å². The van der Waals surface area contributed by atoms with Crippen molar-refractivity contribution in [2.45, 2.75) is 32.5 Å². The maximum atomic E-state index is 12.1. The van der Waals surface area contributed by atoms with Crippen molar-refractivity contribution in [3.05, 3.63) is 42.1 Å². The number of pyridine rings is 1. The number of nitrogens with one attached hydrogen (secondary N) is 1. The molecular weight excluding hydrogens is 412 g/mol. The Morgan fingerprint density at radius 3 is 2.91 bits per heavy atom. The van der Waals surface area contributed by atoms with Gasteiger partial charge in [0.05, 0.1) is 17.6 Å². The molecule has 2 aliphatic heterocycles. The number of primary amides is 1. The van der Waals surface area contributed by atoms with Crippen molar-refractivity contribution in [3.63, 3.8) is 0 Å². The summed E-state index contributed by atoms with van der Waals surface area (Å²) in [4.78, 5) is 41.0. The Labute approximate surface area is 184 Å². The number of rotatable bonds is 3. The molecule has 11 heteroatoms. The second kappa shape index (κ2) is 7.75. The van der Waals surface area contributed by atoms with Gasteiger partial charge in [-0.15, -0.1) is 0 Å². The van der Waals surface area contributed by atoms with Crippen LogP contribution in [0.15, 0.2) is 30.9 Å². The molecule has 3 N–H and O–H groups in total.